The lowest BCUT2D eigenvalue weighted by Crippen LogP contribution is -2.48. The predicted molar refractivity (Wildman–Crippen MR) is 156 cm³/mol. The van der Waals surface area contributed by atoms with Crippen LogP contribution in [0.15, 0.2) is 97.1 Å². The molecule has 0 aromatic heterocycles. The Kier molecular flexibility index (Phi) is 9.43. The van der Waals surface area contributed by atoms with Gasteiger partial charge in [-0.3, -0.25) is 14.4 Å². The highest BCUT2D eigenvalue weighted by Crippen LogP contribution is 2.20. The van der Waals surface area contributed by atoms with Gasteiger partial charge in [0.1, 0.15) is 6.04 Å². The molecule has 0 unspecified atom stereocenters. The molecular weight excluding hydrogens is 488 g/mol. The average Bonchev–Trinajstić information content (AvgIpc) is 2.95. The smallest absolute Gasteiger partial charge is 0.255 e. The van der Waals surface area contributed by atoms with Gasteiger partial charge in [-0.25, -0.2) is 0 Å². The molecule has 0 fully saturated rings. The van der Waals surface area contributed by atoms with Crippen LogP contribution in [-0.2, 0) is 11.2 Å². The maximum Gasteiger partial charge on any atom is 0.255 e. The number of anilines is 1. The van der Waals surface area contributed by atoms with E-state index >= 15 is 0 Å². The minimum atomic E-state index is -0.775. The molecule has 1 atom stereocenters. The van der Waals surface area contributed by atoms with E-state index in [0.29, 0.717) is 24.2 Å². The summed E-state index contributed by atoms with van der Waals surface area (Å²) in [7, 11) is 3.97. The molecule has 0 aliphatic carbocycles. The van der Waals surface area contributed by atoms with Crippen molar-refractivity contribution in [1.29, 1.82) is 0 Å². The van der Waals surface area contributed by atoms with Gasteiger partial charge in [0, 0.05) is 18.5 Å². The van der Waals surface area contributed by atoms with Crippen molar-refractivity contribution >= 4 is 34.2 Å². The van der Waals surface area contributed by atoms with Crippen molar-refractivity contribution in [2.24, 2.45) is 0 Å². The second kappa shape index (κ2) is 13.3. The van der Waals surface area contributed by atoms with Crippen molar-refractivity contribution in [3.8, 4) is 0 Å². The van der Waals surface area contributed by atoms with Crippen LogP contribution in [0, 0.1) is 0 Å². The van der Waals surface area contributed by atoms with Crippen molar-refractivity contribution in [2.45, 2.75) is 18.9 Å². The second-order valence-corrected chi connectivity index (χ2v) is 9.73. The van der Waals surface area contributed by atoms with Crippen molar-refractivity contribution in [3.05, 3.63) is 114 Å². The Bertz CT molecular complexity index is 1440. The normalized spacial score (nSPS) is 11.7. The summed E-state index contributed by atoms with van der Waals surface area (Å²) in [5.74, 6) is -1.00. The lowest BCUT2D eigenvalue weighted by Gasteiger charge is -2.20. The molecule has 0 aliphatic rings. The molecular formula is C32H34N4O3. The fourth-order valence-electron chi connectivity index (χ4n) is 4.34. The first kappa shape index (κ1) is 27.5. The molecule has 4 aromatic carbocycles. The molecule has 4 rings (SSSR count). The summed E-state index contributed by atoms with van der Waals surface area (Å²) in [4.78, 5) is 41.7. The zero-order valence-electron chi connectivity index (χ0n) is 22.3. The quantitative estimate of drug-likeness (QED) is 0.253. The fourth-order valence-corrected chi connectivity index (χ4v) is 4.34. The summed E-state index contributed by atoms with van der Waals surface area (Å²) < 4.78 is 0. The Labute approximate surface area is 229 Å². The van der Waals surface area contributed by atoms with Crippen LogP contribution in [0.3, 0.4) is 0 Å². The molecule has 0 radical (unpaired) electrons. The van der Waals surface area contributed by atoms with Gasteiger partial charge in [0.05, 0.1) is 11.3 Å². The molecule has 4 aromatic rings. The van der Waals surface area contributed by atoms with E-state index in [0.717, 1.165) is 29.3 Å². The number of carbonyl (C=O) groups is 3. The van der Waals surface area contributed by atoms with Gasteiger partial charge in [0.15, 0.2) is 0 Å². The van der Waals surface area contributed by atoms with Crippen molar-refractivity contribution in [1.82, 2.24) is 15.5 Å². The summed E-state index contributed by atoms with van der Waals surface area (Å²) in [5, 5.41) is 10.7. The lowest BCUT2D eigenvalue weighted by molar-refractivity contribution is -0.122. The van der Waals surface area contributed by atoms with Gasteiger partial charge >= 0.3 is 0 Å². The Morgan fingerprint density at radius 3 is 2.23 bits per heavy atom. The van der Waals surface area contributed by atoms with Crippen molar-refractivity contribution in [3.63, 3.8) is 0 Å². The Morgan fingerprint density at radius 1 is 0.769 bits per heavy atom. The minimum absolute atomic E-state index is 0.247. The summed E-state index contributed by atoms with van der Waals surface area (Å²) in [6.45, 7) is 1.36. The highest BCUT2D eigenvalue weighted by atomic mass is 16.2. The third kappa shape index (κ3) is 7.75. The Morgan fingerprint density at radius 2 is 1.46 bits per heavy atom. The third-order valence-electron chi connectivity index (χ3n) is 6.42. The van der Waals surface area contributed by atoms with Gasteiger partial charge in [-0.1, -0.05) is 72.8 Å². The number of benzene rings is 4. The number of hydrogen-bond acceptors (Lipinski definition) is 4. The topological polar surface area (TPSA) is 90.5 Å². The number of rotatable bonds is 11. The van der Waals surface area contributed by atoms with Crippen LogP contribution < -0.4 is 16.0 Å². The van der Waals surface area contributed by atoms with Crippen LogP contribution in [0.1, 0.15) is 32.7 Å². The molecule has 0 saturated carbocycles. The van der Waals surface area contributed by atoms with Crippen LogP contribution in [0.5, 0.6) is 0 Å². The molecule has 0 bridgehead atoms. The van der Waals surface area contributed by atoms with E-state index in [-0.39, 0.29) is 17.4 Å². The van der Waals surface area contributed by atoms with E-state index in [9.17, 15) is 14.4 Å². The Hall–Kier alpha value is -4.49. The van der Waals surface area contributed by atoms with Gasteiger partial charge in [0.25, 0.3) is 11.8 Å². The van der Waals surface area contributed by atoms with Crippen LogP contribution in [-0.4, -0.2) is 55.8 Å². The van der Waals surface area contributed by atoms with E-state index in [2.05, 4.69) is 20.9 Å². The van der Waals surface area contributed by atoms with Gasteiger partial charge < -0.3 is 20.9 Å². The van der Waals surface area contributed by atoms with E-state index in [1.807, 2.05) is 80.8 Å². The van der Waals surface area contributed by atoms with E-state index < -0.39 is 11.9 Å². The molecule has 0 saturated heterocycles. The fraction of sp³-hybridized carbons (Fsp3) is 0.219. The minimum Gasteiger partial charge on any atom is -0.354 e. The standard InChI is InChI=1S/C32H34N4O3/c1-36(2)20-10-19-33-32(39)29(21-23-11-4-3-5-12-23)35-31(38)27-15-8-9-16-28(27)34-30(37)26-18-17-24-13-6-7-14-25(24)22-26/h3-9,11-18,22,29H,10,19-21H2,1-2H3,(H,33,39)(H,34,37)(H,35,38)/t29-/m0/s1. The van der Waals surface area contributed by atoms with Crippen LogP contribution >= 0.6 is 0 Å². The maximum absolute atomic E-state index is 13.4. The predicted octanol–water partition coefficient (Wildman–Crippen LogP) is 4.50. The molecule has 0 spiro atoms. The summed E-state index contributed by atoms with van der Waals surface area (Å²) >= 11 is 0. The first-order valence-corrected chi connectivity index (χ1v) is 13.1. The van der Waals surface area contributed by atoms with Crippen LogP contribution in [0.2, 0.25) is 0 Å². The zero-order valence-corrected chi connectivity index (χ0v) is 22.3. The SMILES string of the molecule is CN(C)CCCNC(=O)[C@H](Cc1ccccc1)NC(=O)c1ccccc1NC(=O)c1ccc2ccccc2c1. The van der Waals surface area contributed by atoms with Gasteiger partial charge in [-0.15, -0.1) is 0 Å². The first-order valence-electron chi connectivity index (χ1n) is 13.1. The molecule has 39 heavy (non-hydrogen) atoms. The molecule has 0 heterocycles. The monoisotopic (exact) mass is 522 g/mol. The number of carbonyl (C=O) groups excluding carboxylic acids is 3. The maximum atomic E-state index is 13.4. The highest BCUT2D eigenvalue weighted by molar-refractivity contribution is 6.10. The number of para-hydroxylation sites is 1. The summed E-state index contributed by atoms with van der Waals surface area (Å²) in [6, 6.07) is 28.9. The van der Waals surface area contributed by atoms with Crippen molar-refractivity contribution in [2.75, 3.05) is 32.5 Å². The molecule has 7 heteroatoms. The van der Waals surface area contributed by atoms with Gasteiger partial charge in [0.2, 0.25) is 5.91 Å². The third-order valence-corrected chi connectivity index (χ3v) is 6.42. The van der Waals surface area contributed by atoms with E-state index in [4.69, 9.17) is 0 Å². The van der Waals surface area contributed by atoms with E-state index in [1.54, 1.807) is 30.3 Å². The Balaban J connectivity index is 1.49. The average molecular weight is 523 g/mol. The zero-order chi connectivity index (χ0) is 27.6. The van der Waals surface area contributed by atoms with Crippen LogP contribution in [0.4, 0.5) is 5.69 Å². The van der Waals surface area contributed by atoms with Crippen LogP contribution in [0.25, 0.3) is 10.8 Å². The lowest BCUT2D eigenvalue weighted by atomic mass is 10.0. The molecule has 200 valence electrons. The molecule has 3 amide bonds. The van der Waals surface area contributed by atoms with E-state index in [1.165, 1.54) is 0 Å². The summed E-state index contributed by atoms with van der Waals surface area (Å²) in [6.07, 6.45) is 1.14. The number of nitrogens with one attached hydrogen (secondary N) is 3. The van der Waals surface area contributed by atoms with Crippen molar-refractivity contribution < 1.29 is 14.4 Å². The van der Waals surface area contributed by atoms with Gasteiger partial charge in [-0.05, 0) is 67.7 Å². The number of amides is 3. The molecule has 7 nitrogen and oxygen atoms in total. The first-order chi connectivity index (χ1) is 18.9. The largest absolute Gasteiger partial charge is 0.354 e. The molecule has 3 N–H and O–H groups in total. The number of fused-ring (bicyclic) bond motifs is 1. The second-order valence-electron chi connectivity index (χ2n) is 9.73. The molecule has 0 aliphatic heterocycles. The number of hydrogen-bond donors (Lipinski definition) is 3. The summed E-state index contributed by atoms with van der Waals surface area (Å²) in [5.41, 5.74) is 2.08. The van der Waals surface area contributed by atoms with Gasteiger partial charge in [-0.2, -0.15) is 0 Å². The number of nitrogens with zero attached hydrogens (tertiary/aromatic N) is 1. The highest BCUT2D eigenvalue weighted by Gasteiger charge is 2.23.